The van der Waals surface area contributed by atoms with Gasteiger partial charge in [0.1, 0.15) is 0 Å². The predicted molar refractivity (Wildman–Crippen MR) is 77.9 cm³/mol. The molecule has 5 heteroatoms. The zero-order chi connectivity index (χ0) is 13.8. The van der Waals surface area contributed by atoms with Gasteiger partial charge in [0.05, 0.1) is 6.20 Å². The summed E-state index contributed by atoms with van der Waals surface area (Å²) in [6, 6.07) is 7.87. The van der Waals surface area contributed by atoms with Crippen molar-refractivity contribution in [3.8, 4) is 0 Å². The molecule has 0 spiro atoms. The van der Waals surface area contributed by atoms with Crippen LogP contribution < -0.4 is 5.73 Å². The van der Waals surface area contributed by atoms with E-state index < -0.39 is 0 Å². The van der Waals surface area contributed by atoms with Crippen LogP contribution in [0.3, 0.4) is 0 Å². The van der Waals surface area contributed by atoms with Crippen molar-refractivity contribution in [1.29, 1.82) is 0 Å². The van der Waals surface area contributed by atoms with Gasteiger partial charge in [-0.15, -0.1) is 0 Å². The Morgan fingerprint density at radius 2 is 2.05 bits per heavy atom. The van der Waals surface area contributed by atoms with Crippen LogP contribution in [0.15, 0.2) is 36.7 Å². The molecule has 0 aliphatic rings. The molecule has 0 saturated carbocycles. The minimum Gasteiger partial charge on any atom is -0.323 e. The van der Waals surface area contributed by atoms with Gasteiger partial charge in [-0.2, -0.15) is 5.10 Å². The molecule has 0 aliphatic heterocycles. The minimum absolute atomic E-state index is 0.0222. The maximum atomic E-state index is 6.17. The van der Waals surface area contributed by atoms with E-state index in [-0.39, 0.29) is 6.04 Å². The number of likely N-dealkylation sites (N-methyl/N-ethyl adjacent to an activating group) is 1. The normalized spacial score (nSPS) is 12.9. The Balaban J connectivity index is 1.90. The largest absolute Gasteiger partial charge is 0.323 e. The van der Waals surface area contributed by atoms with Gasteiger partial charge in [0, 0.05) is 43.0 Å². The Kier molecular flexibility index (Phi) is 4.58. The fourth-order valence-corrected chi connectivity index (χ4v) is 2.16. The van der Waals surface area contributed by atoms with Crippen LogP contribution in [0.4, 0.5) is 0 Å². The van der Waals surface area contributed by atoms with Crippen molar-refractivity contribution >= 4 is 11.6 Å². The lowest BCUT2D eigenvalue weighted by Gasteiger charge is -2.20. The van der Waals surface area contributed by atoms with E-state index >= 15 is 0 Å². The van der Waals surface area contributed by atoms with E-state index in [0.29, 0.717) is 0 Å². The van der Waals surface area contributed by atoms with Gasteiger partial charge in [-0.3, -0.25) is 4.68 Å². The lowest BCUT2D eigenvalue weighted by molar-refractivity contribution is 0.305. The van der Waals surface area contributed by atoms with E-state index in [2.05, 4.69) is 17.0 Å². The molecule has 2 aromatic rings. The number of hydrogen-bond acceptors (Lipinski definition) is 3. The average Bonchev–Trinajstić information content (AvgIpc) is 2.79. The molecule has 0 fully saturated rings. The smallest absolute Gasteiger partial charge is 0.0537 e. The van der Waals surface area contributed by atoms with Crippen molar-refractivity contribution < 1.29 is 0 Å². The number of aryl methyl sites for hydroxylation is 1. The molecule has 0 saturated heterocycles. The molecule has 1 aromatic carbocycles. The minimum atomic E-state index is -0.0222. The molecule has 102 valence electrons. The maximum absolute atomic E-state index is 6.17. The second-order valence-electron chi connectivity index (χ2n) is 4.88. The lowest BCUT2D eigenvalue weighted by Crippen LogP contribution is -2.28. The summed E-state index contributed by atoms with van der Waals surface area (Å²) < 4.78 is 1.77. The van der Waals surface area contributed by atoms with Crippen LogP contribution in [-0.4, -0.2) is 28.3 Å². The Bertz CT molecular complexity index is 520. The molecule has 0 radical (unpaired) electrons. The molecule has 1 aromatic heterocycles. The topological polar surface area (TPSA) is 47.1 Å². The van der Waals surface area contributed by atoms with Crippen molar-refractivity contribution in [3.05, 3.63) is 52.8 Å². The van der Waals surface area contributed by atoms with Crippen molar-refractivity contribution in [3.63, 3.8) is 0 Å². The summed E-state index contributed by atoms with van der Waals surface area (Å²) in [4.78, 5) is 2.20. The van der Waals surface area contributed by atoms with Gasteiger partial charge in [0.2, 0.25) is 0 Å². The fraction of sp³-hybridized carbons (Fsp3) is 0.357. The zero-order valence-electron chi connectivity index (χ0n) is 11.3. The summed E-state index contributed by atoms with van der Waals surface area (Å²) in [5, 5.41) is 4.90. The van der Waals surface area contributed by atoms with Crippen molar-refractivity contribution in [2.45, 2.75) is 12.6 Å². The summed E-state index contributed by atoms with van der Waals surface area (Å²) in [5.41, 5.74) is 8.46. The molecule has 0 aliphatic carbocycles. The molecule has 1 atom stereocenters. The lowest BCUT2D eigenvalue weighted by atomic mass is 10.1. The summed E-state index contributed by atoms with van der Waals surface area (Å²) >= 11 is 5.87. The standard InChI is InChI=1S/C14H19ClN4/c1-18(8-11-3-5-13(15)6-4-11)10-14(16)12-7-17-19(2)9-12/h3-7,9,14H,8,10,16H2,1-2H3. The van der Waals surface area contributed by atoms with Crippen LogP contribution >= 0.6 is 11.6 Å². The highest BCUT2D eigenvalue weighted by Gasteiger charge is 2.11. The number of benzene rings is 1. The second-order valence-corrected chi connectivity index (χ2v) is 5.31. The number of nitrogens with two attached hydrogens (primary N) is 1. The SMILES string of the molecule is CN(Cc1ccc(Cl)cc1)CC(N)c1cnn(C)c1. The molecule has 4 nitrogen and oxygen atoms in total. The monoisotopic (exact) mass is 278 g/mol. The molecule has 1 unspecified atom stereocenters. The van der Waals surface area contributed by atoms with Crippen LogP contribution in [0.1, 0.15) is 17.2 Å². The first-order valence-electron chi connectivity index (χ1n) is 6.21. The van der Waals surface area contributed by atoms with E-state index in [4.69, 9.17) is 17.3 Å². The molecule has 1 heterocycles. The number of nitrogens with zero attached hydrogens (tertiary/aromatic N) is 3. The van der Waals surface area contributed by atoms with E-state index in [1.165, 1.54) is 5.56 Å². The quantitative estimate of drug-likeness (QED) is 0.912. The maximum Gasteiger partial charge on any atom is 0.0537 e. The van der Waals surface area contributed by atoms with Crippen LogP contribution in [0.2, 0.25) is 5.02 Å². The fourth-order valence-electron chi connectivity index (χ4n) is 2.04. The van der Waals surface area contributed by atoms with E-state index in [1.807, 2.05) is 43.7 Å². The van der Waals surface area contributed by atoms with Crippen LogP contribution in [0.25, 0.3) is 0 Å². The van der Waals surface area contributed by atoms with Crippen LogP contribution in [-0.2, 0) is 13.6 Å². The summed E-state index contributed by atoms with van der Waals surface area (Å²) in [6.07, 6.45) is 3.78. The van der Waals surface area contributed by atoms with Crippen LogP contribution in [0, 0.1) is 0 Å². The van der Waals surface area contributed by atoms with Gasteiger partial charge in [-0.05, 0) is 24.7 Å². The molecule has 0 bridgehead atoms. The Labute approximate surface area is 118 Å². The summed E-state index contributed by atoms with van der Waals surface area (Å²) in [7, 11) is 3.96. The van der Waals surface area contributed by atoms with Gasteiger partial charge in [-0.1, -0.05) is 23.7 Å². The van der Waals surface area contributed by atoms with Gasteiger partial charge in [0.15, 0.2) is 0 Å². The first kappa shape index (κ1) is 14.1. The predicted octanol–water partition coefficient (Wildman–Crippen LogP) is 2.21. The Morgan fingerprint density at radius 1 is 1.37 bits per heavy atom. The Morgan fingerprint density at radius 3 is 2.63 bits per heavy atom. The van der Waals surface area contributed by atoms with Gasteiger partial charge >= 0.3 is 0 Å². The molecular formula is C14H19ClN4. The second kappa shape index (κ2) is 6.19. The molecular weight excluding hydrogens is 260 g/mol. The molecule has 2 rings (SSSR count). The third kappa shape index (κ3) is 4.06. The average molecular weight is 279 g/mol. The van der Waals surface area contributed by atoms with Gasteiger partial charge in [0.25, 0.3) is 0 Å². The van der Waals surface area contributed by atoms with E-state index in [1.54, 1.807) is 4.68 Å². The van der Waals surface area contributed by atoms with Crippen molar-refractivity contribution in [2.75, 3.05) is 13.6 Å². The first-order valence-corrected chi connectivity index (χ1v) is 6.59. The van der Waals surface area contributed by atoms with Gasteiger partial charge < -0.3 is 10.6 Å². The number of hydrogen-bond donors (Lipinski definition) is 1. The highest BCUT2D eigenvalue weighted by molar-refractivity contribution is 6.30. The highest BCUT2D eigenvalue weighted by Crippen LogP contribution is 2.13. The third-order valence-electron chi connectivity index (χ3n) is 3.03. The summed E-state index contributed by atoms with van der Waals surface area (Å²) in [6.45, 7) is 1.64. The zero-order valence-corrected chi connectivity index (χ0v) is 12.0. The van der Waals surface area contributed by atoms with Crippen molar-refractivity contribution in [1.82, 2.24) is 14.7 Å². The number of rotatable bonds is 5. The first-order chi connectivity index (χ1) is 9.04. The summed E-state index contributed by atoms with van der Waals surface area (Å²) in [5.74, 6) is 0. The molecule has 19 heavy (non-hydrogen) atoms. The Hall–Kier alpha value is -1.36. The van der Waals surface area contributed by atoms with Crippen molar-refractivity contribution in [2.24, 2.45) is 12.8 Å². The van der Waals surface area contributed by atoms with E-state index in [9.17, 15) is 0 Å². The number of halogens is 1. The molecule has 2 N–H and O–H groups in total. The third-order valence-corrected chi connectivity index (χ3v) is 3.28. The molecule has 0 amide bonds. The van der Waals surface area contributed by atoms with Gasteiger partial charge in [-0.25, -0.2) is 0 Å². The van der Waals surface area contributed by atoms with Crippen LogP contribution in [0.5, 0.6) is 0 Å². The number of aromatic nitrogens is 2. The van der Waals surface area contributed by atoms with E-state index in [0.717, 1.165) is 23.7 Å². The highest BCUT2D eigenvalue weighted by atomic mass is 35.5.